The normalized spacial score (nSPS) is 11.1. The molecule has 5 aromatic rings. The van der Waals surface area contributed by atoms with E-state index in [9.17, 15) is 9.59 Å². The molecule has 8 heteroatoms. The van der Waals surface area contributed by atoms with E-state index >= 15 is 0 Å². The van der Waals surface area contributed by atoms with Crippen molar-refractivity contribution in [2.24, 2.45) is 7.05 Å². The molecule has 2 heterocycles. The monoisotopic (exact) mass is 482 g/mol. The molecule has 0 atom stereocenters. The largest absolute Gasteiger partial charge is 0.497 e. The maximum absolute atomic E-state index is 14.0. The van der Waals surface area contributed by atoms with E-state index < -0.39 is 0 Å². The third-order valence-electron chi connectivity index (χ3n) is 6.29. The van der Waals surface area contributed by atoms with E-state index in [0.717, 1.165) is 10.9 Å². The molecule has 8 nitrogen and oxygen atoms in total. The van der Waals surface area contributed by atoms with E-state index in [4.69, 9.17) is 9.47 Å². The Bertz CT molecular complexity index is 1650. The number of carbonyl (C=O) groups is 1. The number of hydrogen-bond donors (Lipinski definition) is 0. The Kier molecular flexibility index (Phi) is 5.93. The van der Waals surface area contributed by atoms with Crippen molar-refractivity contribution < 1.29 is 14.3 Å². The zero-order valence-corrected chi connectivity index (χ0v) is 20.6. The van der Waals surface area contributed by atoms with Crippen molar-refractivity contribution in [1.82, 2.24) is 14.3 Å². The predicted molar refractivity (Wildman–Crippen MR) is 141 cm³/mol. The molecule has 0 unspecified atom stereocenters. The lowest BCUT2D eigenvalue weighted by Crippen LogP contribution is -2.32. The van der Waals surface area contributed by atoms with Crippen molar-refractivity contribution in [3.63, 3.8) is 0 Å². The summed E-state index contributed by atoms with van der Waals surface area (Å²) < 4.78 is 14.1. The minimum absolute atomic E-state index is 0.172. The summed E-state index contributed by atoms with van der Waals surface area (Å²) >= 11 is 0. The van der Waals surface area contributed by atoms with Crippen LogP contribution in [0.5, 0.6) is 11.5 Å². The smallest absolute Gasteiger partial charge is 0.296 e. The molecular weight excluding hydrogens is 456 g/mol. The third kappa shape index (κ3) is 3.67. The number of nitrogens with zero attached hydrogens (tertiary/aromatic N) is 4. The van der Waals surface area contributed by atoms with Gasteiger partial charge in [-0.2, -0.15) is 9.78 Å². The minimum Gasteiger partial charge on any atom is -0.497 e. The Morgan fingerprint density at radius 2 is 1.69 bits per heavy atom. The number of fused-ring (bicyclic) bond motifs is 3. The van der Waals surface area contributed by atoms with Gasteiger partial charge in [0.15, 0.2) is 5.69 Å². The Hall–Kier alpha value is -4.59. The first-order valence-electron chi connectivity index (χ1n) is 11.6. The second kappa shape index (κ2) is 9.22. The van der Waals surface area contributed by atoms with Crippen LogP contribution in [-0.2, 0) is 7.05 Å². The summed E-state index contributed by atoms with van der Waals surface area (Å²) in [6, 6.07) is 22.0. The van der Waals surface area contributed by atoms with Gasteiger partial charge in [0.1, 0.15) is 17.0 Å². The lowest BCUT2D eigenvalue weighted by molar-refractivity contribution is 0.0987. The number of benzene rings is 3. The van der Waals surface area contributed by atoms with Gasteiger partial charge in [-0.3, -0.25) is 9.59 Å². The molecule has 36 heavy (non-hydrogen) atoms. The molecule has 5 rings (SSSR count). The van der Waals surface area contributed by atoms with E-state index in [2.05, 4.69) is 5.10 Å². The molecular formula is C28H26N4O4. The molecule has 0 bridgehead atoms. The van der Waals surface area contributed by atoms with E-state index in [1.54, 1.807) is 38.4 Å². The van der Waals surface area contributed by atoms with Gasteiger partial charge in [0.05, 0.1) is 25.1 Å². The zero-order valence-electron chi connectivity index (χ0n) is 20.6. The highest BCUT2D eigenvalue weighted by Crippen LogP contribution is 2.32. The third-order valence-corrected chi connectivity index (χ3v) is 6.29. The standard InChI is InChI=1S/C28H26N4O4/c1-5-36-23-13-9-8-12-22(23)31(3)27(33)25-24-20-10-6-7-11-21(20)30(2)26(24)28(34)32(29-25)18-14-16-19(35-4)17-15-18/h6-17H,5H2,1-4H3. The van der Waals surface area contributed by atoms with Crippen LogP contribution in [0, 0.1) is 0 Å². The van der Waals surface area contributed by atoms with E-state index in [-0.39, 0.29) is 17.2 Å². The van der Waals surface area contributed by atoms with Crippen LogP contribution in [0.25, 0.3) is 27.5 Å². The van der Waals surface area contributed by atoms with Gasteiger partial charge in [-0.25, -0.2) is 0 Å². The van der Waals surface area contributed by atoms with Crippen molar-refractivity contribution in [2.75, 3.05) is 25.7 Å². The molecule has 3 aromatic carbocycles. The fraction of sp³-hybridized carbons (Fsp3) is 0.179. The lowest BCUT2D eigenvalue weighted by Gasteiger charge is -2.21. The summed E-state index contributed by atoms with van der Waals surface area (Å²) in [5.41, 5.74) is 2.23. The van der Waals surface area contributed by atoms with Gasteiger partial charge in [-0.1, -0.05) is 30.3 Å². The van der Waals surface area contributed by atoms with Crippen LogP contribution < -0.4 is 19.9 Å². The van der Waals surface area contributed by atoms with Gasteiger partial charge in [0.2, 0.25) is 0 Å². The van der Waals surface area contributed by atoms with Crippen LogP contribution in [0.15, 0.2) is 77.6 Å². The first-order valence-corrected chi connectivity index (χ1v) is 11.6. The maximum Gasteiger partial charge on any atom is 0.296 e. The number of methoxy groups -OCH3 is 1. The highest BCUT2D eigenvalue weighted by atomic mass is 16.5. The van der Waals surface area contributed by atoms with Crippen LogP contribution in [0.3, 0.4) is 0 Å². The Labute approximate surface area is 207 Å². The van der Waals surface area contributed by atoms with Gasteiger partial charge in [-0.15, -0.1) is 0 Å². The first kappa shape index (κ1) is 23.2. The number of ether oxygens (including phenoxy) is 2. The summed E-state index contributed by atoms with van der Waals surface area (Å²) in [5, 5.41) is 5.94. The minimum atomic E-state index is -0.356. The molecule has 0 spiro atoms. The Morgan fingerprint density at radius 3 is 2.42 bits per heavy atom. The summed E-state index contributed by atoms with van der Waals surface area (Å²) in [4.78, 5) is 29.3. The van der Waals surface area contributed by atoms with Crippen LogP contribution in [-0.4, -0.2) is 41.0 Å². The number of amides is 1. The molecule has 0 aliphatic heterocycles. The van der Waals surface area contributed by atoms with Gasteiger partial charge in [0, 0.05) is 30.4 Å². The van der Waals surface area contributed by atoms with Gasteiger partial charge in [-0.05, 0) is 49.4 Å². The van der Waals surface area contributed by atoms with E-state index in [0.29, 0.717) is 40.4 Å². The predicted octanol–water partition coefficient (Wildman–Crippen LogP) is 4.56. The highest BCUT2D eigenvalue weighted by Gasteiger charge is 2.27. The second-order valence-electron chi connectivity index (χ2n) is 8.33. The SMILES string of the molecule is CCOc1ccccc1N(C)C(=O)c1nn(-c2ccc(OC)cc2)c(=O)c2c1c1ccccc1n2C. The summed E-state index contributed by atoms with van der Waals surface area (Å²) in [7, 11) is 5.09. The average molecular weight is 483 g/mol. The average Bonchev–Trinajstić information content (AvgIpc) is 3.22. The van der Waals surface area contributed by atoms with E-state index in [1.165, 1.54) is 9.58 Å². The lowest BCUT2D eigenvalue weighted by atomic mass is 10.1. The van der Waals surface area contributed by atoms with Gasteiger partial charge >= 0.3 is 0 Å². The number of aromatic nitrogens is 3. The zero-order chi connectivity index (χ0) is 25.4. The molecule has 0 N–H and O–H groups in total. The van der Waals surface area contributed by atoms with Crippen molar-refractivity contribution in [3.05, 3.63) is 88.8 Å². The number of anilines is 1. The first-order chi connectivity index (χ1) is 17.5. The molecule has 0 saturated carbocycles. The molecule has 0 aliphatic carbocycles. The topological polar surface area (TPSA) is 78.6 Å². The second-order valence-corrected chi connectivity index (χ2v) is 8.33. The summed E-state index contributed by atoms with van der Waals surface area (Å²) in [6.45, 7) is 2.36. The van der Waals surface area contributed by atoms with Crippen LogP contribution in [0.4, 0.5) is 5.69 Å². The number of aryl methyl sites for hydroxylation is 1. The number of hydrogen-bond acceptors (Lipinski definition) is 5. The fourth-order valence-corrected chi connectivity index (χ4v) is 4.51. The Morgan fingerprint density at radius 1 is 1.00 bits per heavy atom. The maximum atomic E-state index is 14.0. The van der Waals surface area contributed by atoms with Crippen LogP contribution >= 0.6 is 0 Å². The quantitative estimate of drug-likeness (QED) is 0.355. The highest BCUT2D eigenvalue weighted by molar-refractivity contribution is 6.20. The molecule has 182 valence electrons. The van der Waals surface area contributed by atoms with E-state index in [1.807, 2.05) is 67.1 Å². The van der Waals surface area contributed by atoms with Crippen molar-refractivity contribution in [2.45, 2.75) is 6.92 Å². The molecule has 0 radical (unpaired) electrons. The van der Waals surface area contributed by atoms with Crippen molar-refractivity contribution in [1.29, 1.82) is 0 Å². The number of rotatable bonds is 6. The number of para-hydroxylation sites is 3. The molecule has 0 aliphatic rings. The van der Waals surface area contributed by atoms with Gasteiger partial charge < -0.3 is 18.9 Å². The Balaban J connectivity index is 1.79. The fourth-order valence-electron chi connectivity index (χ4n) is 4.51. The number of carbonyl (C=O) groups excluding carboxylic acids is 1. The molecule has 1 amide bonds. The molecule has 0 saturated heterocycles. The van der Waals surface area contributed by atoms with Crippen molar-refractivity contribution >= 4 is 33.4 Å². The summed E-state index contributed by atoms with van der Waals surface area (Å²) in [6.07, 6.45) is 0. The molecule has 0 fully saturated rings. The molecule has 2 aromatic heterocycles. The van der Waals surface area contributed by atoms with Crippen molar-refractivity contribution in [3.8, 4) is 17.2 Å². The van der Waals surface area contributed by atoms with Crippen LogP contribution in [0.2, 0.25) is 0 Å². The van der Waals surface area contributed by atoms with Gasteiger partial charge in [0.25, 0.3) is 11.5 Å². The van der Waals surface area contributed by atoms with Crippen LogP contribution in [0.1, 0.15) is 17.4 Å². The summed E-state index contributed by atoms with van der Waals surface area (Å²) in [5.74, 6) is 0.889.